The number of nitrogens with two attached hydrogens (primary N) is 1. The van der Waals surface area contributed by atoms with Crippen molar-refractivity contribution in [3.63, 3.8) is 0 Å². The largest absolute Gasteiger partial charge is 0.383 e. The van der Waals surface area contributed by atoms with Gasteiger partial charge in [-0.25, -0.2) is 0 Å². The highest BCUT2D eigenvalue weighted by molar-refractivity contribution is 5.98. The maximum atomic E-state index is 11.5. The third kappa shape index (κ3) is 6.54. The van der Waals surface area contributed by atoms with Crippen molar-refractivity contribution in [2.75, 3.05) is 51.1 Å². The molecule has 0 unspecified atom stereocenters. The highest BCUT2D eigenvalue weighted by Crippen LogP contribution is 2.14. The highest BCUT2D eigenvalue weighted by Gasteiger charge is 2.16. The monoisotopic (exact) mass is 388 g/mol. The average molecular weight is 389 g/mol. The summed E-state index contributed by atoms with van der Waals surface area (Å²) in [6.45, 7) is 7.33. The van der Waals surface area contributed by atoms with Gasteiger partial charge in [0.25, 0.3) is 5.91 Å². The molecule has 0 atom stereocenters. The molecular weight excluding hydrogens is 360 g/mol. The zero-order chi connectivity index (χ0) is 18.2. The SMILES string of the molecule is Cl.NC(=O)c1ccccc1NCCN1CCN(CCc2ccccc2)CC1. The van der Waals surface area contributed by atoms with Gasteiger partial charge in [0.1, 0.15) is 0 Å². The zero-order valence-corrected chi connectivity index (χ0v) is 16.5. The Bertz CT molecular complexity index is 702. The molecule has 2 aromatic rings. The topological polar surface area (TPSA) is 61.6 Å². The van der Waals surface area contributed by atoms with Gasteiger partial charge in [-0.1, -0.05) is 42.5 Å². The fraction of sp³-hybridized carbons (Fsp3) is 0.381. The van der Waals surface area contributed by atoms with E-state index in [-0.39, 0.29) is 18.3 Å². The van der Waals surface area contributed by atoms with Crippen LogP contribution in [0.25, 0.3) is 0 Å². The first-order chi connectivity index (χ1) is 12.7. The van der Waals surface area contributed by atoms with Gasteiger partial charge < -0.3 is 16.0 Å². The van der Waals surface area contributed by atoms with Gasteiger partial charge in [0.2, 0.25) is 0 Å². The normalized spacial score (nSPS) is 15.1. The van der Waals surface area contributed by atoms with E-state index in [1.54, 1.807) is 6.07 Å². The van der Waals surface area contributed by atoms with Gasteiger partial charge in [-0.2, -0.15) is 0 Å². The van der Waals surface area contributed by atoms with E-state index in [9.17, 15) is 4.79 Å². The summed E-state index contributed by atoms with van der Waals surface area (Å²) in [6, 6.07) is 18.1. The Morgan fingerprint density at radius 2 is 1.48 bits per heavy atom. The van der Waals surface area contributed by atoms with Crippen LogP contribution in [0.4, 0.5) is 5.69 Å². The van der Waals surface area contributed by atoms with E-state index in [0.717, 1.165) is 57.9 Å². The first-order valence-corrected chi connectivity index (χ1v) is 9.34. The first kappa shape index (κ1) is 21.2. The van der Waals surface area contributed by atoms with Crippen molar-refractivity contribution in [3.05, 3.63) is 65.7 Å². The lowest BCUT2D eigenvalue weighted by molar-refractivity contribution is 0.100. The lowest BCUT2D eigenvalue weighted by atomic mass is 10.1. The molecule has 2 aromatic carbocycles. The molecule has 1 aliphatic rings. The van der Waals surface area contributed by atoms with E-state index < -0.39 is 0 Å². The van der Waals surface area contributed by atoms with E-state index in [4.69, 9.17) is 5.73 Å². The van der Waals surface area contributed by atoms with Crippen LogP contribution in [0.1, 0.15) is 15.9 Å². The maximum Gasteiger partial charge on any atom is 0.250 e. The molecule has 1 aliphatic heterocycles. The number of hydrogen-bond acceptors (Lipinski definition) is 4. The Morgan fingerprint density at radius 1 is 0.889 bits per heavy atom. The van der Waals surface area contributed by atoms with Crippen LogP contribution in [0.3, 0.4) is 0 Å². The van der Waals surface area contributed by atoms with Crippen LogP contribution in [-0.4, -0.2) is 61.5 Å². The molecule has 0 aliphatic carbocycles. The van der Waals surface area contributed by atoms with Crippen molar-refractivity contribution in [1.82, 2.24) is 9.80 Å². The molecule has 0 saturated carbocycles. The molecule has 1 saturated heterocycles. The molecule has 0 bridgehead atoms. The first-order valence-electron chi connectivity index (χ1n) is 9.34. The third-order valence-corrected chi connectivity index (χ3v) is 4.96. The van der Waals surface area contributed by atoms with Crippen LogP contribution in [0, 0.1) is 0 Å². The number of halogens is 1. The van der Waals surface area contributed by atoms with Crippen LogP contribution in [0.5, 0.6) is 0 Å². The highest BCUT2D eigenvalue weighted by atomic mass is 35.5. The molecule has 146 valence electrons. The van der Waals surface area contributed by atoms with E-state index in [0.29, 0.717) is 5.56 Å². The maximum absolute atomic E-state index is 11.5. The Labute approximate surface area is 167 Å². The second kappa shape index (κ2) is 10.9. The molecule has 5 nitrogen and oxygen atoms in total. The van der Waals surface area contributed by atoms with E-state index in [1.807, 2.05) is 18.2 Å². The summed E-state index contributed by atoms with van der Waals surface area (Å²) in [5, 5.41) is 3.34. The van der Waals surface area contributed by atoms with Gasteiger partial charge in [0.05, 0.1) is 5.56 Å². The molecule has 1 fully saturated rings. The van der Waals surface area contributed by atoms with Crippen molar-refractivity contribution >= 4 is 24.0 Å². The summed E-state index contributed by atoms with van der Waals surface area (Å²) < 4.78 is 0. The summed E-state index contributed by atoms with van der Waals surface area (Å²) >= 11 is 0. The molecule has 0 aromatic heterocycles. The number of amides is 1. The van der Waals surface area contributed by atoms with Gasteiger partial charge in [0.15, 0.2) is 0 Å². The summed E-state index contributed by atoms with van der Waals surface area (Å²) in [6.07, 6.45) is 1.12. The summed E-state index contributed by atoms with van der Waals surface area (Å²) in [4.78, 5) is 16.5. The van der Waals surface area contributed by atoms with Crippen molar-refractivity contribution in [3.8, 4) is 0 Å². The fourth-order valence-electron chi connectivity index (χ4n) is 3.37. The Balaban J connectivity index is 0.00000261. The van der Waals surface area contributed by atoms with Gasteiger partial charge in [0, 0.05) is 51.5 Å². The number of anilines is 1. The molecule has 3 rings (SSSR count). The Kier molecular flexibility index (Phi) is 8.58. The number of nitrogens with zero attached hydrogens (tertiary/aromatic N) is 2. The molecule has 1 amide bonds. The number of piperazine rings is 1. The van der Waals surface area contributed by atoms with Crippen LogP contribution in [0.2, 0.25) is 0 Å². The van der Waals surface area contributed by atoms with Crippen molar-refractivity contribution < 1.29 is 4.79 Å². The minimum absolute atomic E-state index is 0. The molecule has 3 N–H and O–H groups in total. The van der Waals surface area contributed by atoms with E-state index >= 15 is 0 Å². The van der Waals surface area contributed by atoms with Crippen LogP contribution < -0.4 is 11.1 Å². The summed E-state index contributed by atoms with van der Waals surface area (Å²) in [5.74, 6) is -0.389. The van der Waals surface area contributed by atoms with Gasteiger partial charge >= 0.3 is 0 Å². The second-order valence-corrected chi connectivity index (χ2v) is 6.76. The lowest BCUT2D eigenvalue weighted by Gasteiger charge is -2.34. The van der Waals surface area contributed by atoms with E-state index in [2.05, 4.69) is 45.4 Å². The second-order valence-electron chi connectivity index (χ2n) is 6.76. The lowest BCUT2D eigenvalue weighted by Crippen LogP contribution is -2.48. The van der Waals surface area contributed by atoms with Gasteiger partial charge in [-0.05, 0) is 24.1 Å². The minimum atomic E-state index is -0.389. The van der Waals surface area contributed by atoms with Crippen LogP contribution >= 0.6 is 12.4 Å². The number of hydrogen-bond donors (Lipinski definition) is 2. The predicted octanol–water partition coefficient (Wildman–Crippen LogP) is 2.48. The standard InChI is InChI=1S/C21H28N4O.ClH/c22-21(26)19-8-4-5-9-20(19)23-11-13-25-16-14-24(15-17-25)12-10-18-6-2-1-3-7-18;/h1-9,23H,10-17H2,(H2,22,26);1H. The van der Waals surface area contributed by atoms with Crippen LogP contribution in [0.15, 0.2) is 54.6 Å². The number of carbonyl (C=O) groups is 1. The molecule has 27 heavy (non-hydrogen) atoms. The number of carbonyl (C=O) groups excluding carboxylic acids is 1. The number of rotatable bonds is 8. The predicted molar refractivity (Wildman–Crippen MR) is 114 cm³/mol. The van der Waals surface area contributed by atoms with E-state index in [1.165, 1.54) is 5.56 Å². The zero-order valence-electron chi connectivity index (χ0n) is 15.6. The summed E-state index contributed by atoms with van der Waals surface area (Å²) in [5.41, 5.74) is 8.20. The number of primary amides is 1. The molecule has 1 heterocycles. The third-order valence-electron chi connectivity index (χ3n) is 4.96. The van der Waals surface area contributed by atoms with Gasteiger partial charge in [-0.15, -0.1) is 12.4 Å². The Morgan fingerprint density at radius 3 is 2.15 bits per heavy atom. The number of nitrogens with one attached hydrogen (secondary N) is 1. The number of benzene rings is 2. The quantitative estimate of drug-likeness (QED) is 0.729. The van der Waals surface area contributed by atoms with Crippen molar-refractivity contribution in [2.24, 2.45) is 5.73 Å². The molecular formula is C21H29ClN4O. The van der Waals surface area contributed by atoms with Crippen LogP contribution in [-0.2, 0) is 6.42 Å². The smallest absolute Gasteiger partial charge is 0.250 e. The number of para-hydroxylation sites is 1. The fourth-order valence-corrected chi connectivity index (χ4v) is 3.37. The van der Waals surface area contributed by atoms with Crippen molar-refractivity contribution in [1.29, 1.82) is 0 Å². The molecule has 0 radical (unpaired) electrons. The molecule has 0 spiro atoms. The van der Waals surface area contributed by atoms with Gasteiger partial charge in [-0.3, -0.25) is 9.69 Å². The Hall–Kier alpha value is -2.08. The summed E-state index contributed by atoms with van der Waals surface area (Å²) in [7, 11) is 0. The minimum Gasteiger partial charge on any atom is -0.383 e. The average Bonchev–Trinajstić information content (AvgIpc) is 2.68. The molecule has 6 heteroatoms. The van der Waals surface area contributed by atoms with Crippen molar-refractivity contribution in [2.45, 2.75) is 6.42 Å².